The molecule has 2 N–H and O–H groups in total. The molecule has 2 amide bonds. The van der Waals surface area contributed by atoms with Crippen molar-refractivity contribution in [3.05, 3.63) is 0 Å². The zero-order valence-electron chi connectivity index (χ0n) is 10.9. The summed E-state index contributed by atoms with van der Waals surface area (Å²) in [6, 6.07) is -0.0608. The third-order valence-corrected chi connectivity index (χ3v) is 3.35. The second kappa shape index (κ2) is 8.22. The number of aliphatic carboxylic acids is 1. The topological polar surface area (TPSA) is 69.6 Å². The first kappa shape index (κ1) is 16.1. The molecule has 2 atom stereocenters. The van der Waals surface area contributed by atoms with Crippen LogP contribution in [0.15, 0.2) is 0 Å². The molecule has 0 aliphatic rings. The number of nitrogens with zero attached hydrogens (tertiary/aromatic N) is 1. The Bertz CT molecular complexity index is 261. The highest BCUT2D eigenvalue weighted by atomic mass is 32.2. The molecule has 0 bridgehead atoms. The fraction of sp³-hybridized carbons (Fsp3) is 0.818. The first-order valence-corrected chi connectivity index (χ1v) is 7.02. The van der Waals surface area contributed by atoms with Crippen LogP contribution < -0.4 is 5.32 Å². The highest BCUT2D eigenvalue weighted by Crippen LogP contribution is 2.06. The smallest absolute Gasteiger partial charge is 0.317 e. The molecule has 0 saturated heterocycles. The fourth-order valence-corrected chi connectivity index (χ4v) is 1.71. The lowest BCUT2D eigenvalue weighted by Crippen LogP contribution is -2.44. The summed E-state index contributed by atoms with van der Waals surface area (Å²) in [5.74, 6) is -0.457. The number of carboxylic acids is 1. The number of amides is 2. The summed E-state index contributed by atoms with van der Waals surface area (Å²) in [5.41, 5.74) is 0. The van der Waals surface area contributed by atoms with Gasteiger partial charge in [-0.15, -0.1) is 0 Å². The van der Waals surface area contributed by atoms with Gasteiger partial charge in [-0.05, 0) is 25.4 Å². The first-order valence-electron chi connectivity index (χ1n) is 5.62. The van der Waals surface area contributed by atoms with Crippen molar-refractivity contribution in [1.82, 2.24) is 10.2 Å². The Morgan fingerprint density at radius 3 is 2.47 bits per heavy atom. The molecule has 0 aromatic rings. The second-order valence-corrected chi connectivity index (χ2v) is 5.15. The van der Waals surface area contributed by atoms with Crippen LogP contribution in [0.5, 0.6) is 0 Å². The molecular weight excluding hydrogens is 240 g/mol. The maximum Gasteiger partial charge on any atom is 0.317 e. The zero-order chi connectivity index (χ0) is 13.4. The van der Waals surface area contributed by atoms with E-state index in [1.165, 1.54) is 0 Å². The minimum atomic E-state index is -0.900. The molecule has 0 spiro atoms. The number of carbonyl (C=O) groups is 2. The van der Waals surface area contributed by atoms with Crippen LogP contribution in [0.3, 0.4) is 0 Å². The van der Waals surface area contributed by atoms with Gasteiger partial charge in [0.25, 0.3) is 0 Å². The van der Waals surface area contributed by atoms with Gasteiger partial charge in [-0.25, -0.2) is 4.79 Å². The molecular formula is C11H22N2O3S. The van der Waals surface area contributed by atoms with E-state index in [4.69, 9.17) is 5.11 Å². The molecule has 0 saturated carbocycles. The minimum Gasteiger partial charge on any atom is -0.481 e. The molecule has 0 rings (SSSR count). The summed E-state index contributed by atoms with van der Waals surface area (Å²) < 4.78 is 0. The number of urea groups is 1. The standard InChI is InChI=1S/C11H22N2O3S/c1-8(10(14)15)7-12-11(16)13(3)9(2)5-6-17-4/h8-9H,5-7H2,1-4H3,(H,12,16)(H,14,15). The molecule has 0 aromatic heterocycles. The van der Waals surface area contributed by atoms with Crippen LogP contribution in [-0.4, -0.2) is 53.6 Å². The quantitative estimate of drug-likeness (QED) is 0.729. The largest absolute Gasteiger partial charge is 0.481 e. The maximum atomic E-state index is 11.7. The number of nitrogens with one attached hydrogen (secondary N) is 1. The molecule has 0 aliphatic carbocycles. The highest BCUT2D eigenvalue weighted by Gasteiger charge is 2.17. The Labute approximate surface area is 107 Å². The minimum absolute atomic E-state index is 0.155. The van der Waals surface area contributed by atoms with Crippen LogP contribution in [0, 0.1) is 5.92 Å². The summed E-state index contributed by atoms with van der Waals surface area (Å²) in [7, 11) is 1.73. The molecule has 0 fully saturated rings. The van der Waals surface area contributed by atoms with Gasteiger partial charge >= 0.3 is 12.0 Å². The van der Waals surface area contributed by atoms with Crippen LogP contribution in [0.1, 0.15) is 20.3 Å². The Morgan fingerprint density at radius 2 is 2.00 bits per heavy atom. The Balaban J connectivity index is 4.00. The van der Waals surface area contributed by atoms with E-state index in [0.29, 0.717) is 0 Å². The van der Waals surface area contributed by atoms with Crippen LogP contribution in [0.2, 0.25) is 0 Å². The molecule has 0 aliphatic heterocycles. The molecule has 17 heavy (non-hydrogen) atoms. The average Bonchev–Trinajstić information content (AvgIpc) is 2.31. The number of rotatable bonds is 7. The molecule has 2 unspecified atom stereocenters. The van der Waals surface area contributed by atoms with Gasteiger partial charge in [0, 0.05) is 19.6 Å². The zero-order valence-corrected chi connectivity index (χ0v) is 11.7. The van der Waals surface area contributed by atoms with Gasteiger partial charge in [-0.1, -0.05) is 6.92 Å². The number of thioether (sulfide) groups is 1. The van der Waals surface area contributed by atoms with E-state index in [0.717, 1.165) is 12.2 Å². The lowest BCUT2D eigenvalue weighted by Gasteiger charge is -2.25. The van der Waals surface area contributed by atoms with Gasteiger partial charge in [0.15, 0.2) is 0 Å². The predicted molar refractivity (Wildman–Crippen MR) is 70.4 cm³/mol. The highest BCUT2D eigenvalue weighted by molar-refractivity contribution is 7.98. The van der Waals surface area contributed by atoms with Crippen molar-refractivity contribution in [2.75, 3.05) is 25.6 Å². The SMILES string of the molecule is CSCCC(C)N(C)C(=O)NCC(C)C(=O)O. The second-order valence-electron chi connectivity index (χ2n) is 4.17. The number of hydrogen-bond donors (Lipinski definition) is 2. The Kier molecular flexibility index (Phi) is 7.78. The van der Waals surface area contributed by atoms with Crippen LogP contribution in [0.4, 0.5) is 4.79 Å². The van der Waals surface area contributed by atoms with Crippen LogP contribution >= 0.6 is 11.8 Å². The lowest BCUT2D eigenvalue weighted by atomic mass is 10.2. The molecule has 5 nitrogen and oxygen atoms in total. The molecule has 0 heterocycles. The van der Waals surface area contributed by atoms with E-state index < -0.39 is 11.9 Å². The fourth-order valence-electron chi connectivity index (χ4n) is 1.13. The molecule has 0 aromatic carbocycles. The maximum absolute atomic E-state index is 11.7. The number of hydrogen-bond acceptors (Lipinski definition) is 3. The van der Waals surface area contributed by atoms with E-state index in [9.17, 15) is 9.59 Å². The first-order chi connectivity index (χ1) is 7.90. The van der Waals surface area contributed by atoms with Crippen LogP contribution in [-0.2, 0) is 4.79 Å². The Morgan fingerprint density at radius 1 is 1.41 bits per heavy atom. The summed E-state index contributed by atoms with van der Waals surface area (Å²) in [4.78, 5) is 23.9. The van der Waals surface area contributed by atoms with Gasteiger partial charge in [0.1, 0.15) is 0 Å². The summed E-state index contributed by atoms with van der Waals surface area (Å²) in [5, 5.41) is 11.3. The third-order valence-electron chi connectivity index (χ3n) is 2.70. The van der Waals surface area contributed by atoms with Gasteiger partial charge < -0.3 is 15.3 Å². The number of carbonyl (C=O) groups excluding carboxylic acids is 1. The van der Waals surface area contributed by atoms with Crippen LogP contribution in [0.25, 0.3) is 0 Å². The van der Waals surface area contributed by atoms with E-state index in [1.54, 1.807) is 30.6 Å². The van der Waals surface area contributed by atoms with E-state index >= 15 is 0 Å². The lowest BCUT2D eigenvalue weighted by molar-refractivity contribution is -0.140. The summed E-state index contributed by atoms with van der Waals surface area (Å²) in [6.45, 7) is 3.71. The van der Waals surface area contributed by atoms with Crippen molar-refractivity contribution in [2.24, 2.45) is 5.92 Å². The monoisotopic (exact) mass is 262 g/mol. The van der Waals surface area contributed by atoms with Gasteiger partial charge in [0.2, 0.25) is 0 Å². The third kappa shape index (κ3) is 6.41. The normalized spacial score (nSPS) is 13.9. The molecule has 0 radical (unpaired) electrons. The van der Waals surface area contributed by atoms with Crippen molar-refractivity contribution in [3.8, 4) is 0 Å². The predicted octanol–water partition coefficient (Wildman–Crippen LogP) is 1.49. The van der Waals surface area contributed by atoms with Crippen molar-refractivity contribution >= 4 is 23.8 Å². The van der Waals surface area contributed by atoms with E-state index in [2.05, 4.69) is 5.32 Å². The number of carboxylic acid groups (broad SMARTS) is 1. The summed E-state index contributed by atoms with van der Waals surface area (Å²) in [6.07, 6.45) is 2.96. The van der Waals surface area contributed by atoms with E-state index in [-0.39, 0.29) is 18.6 Å². The van der Waals surface area contributed by atoms with E-state index in [1.807, 2.05) is 13.2 Å². The average molecular weight is 262 g/mol. The van der Waals surface area contributed by atoms with Crippen molar-refractivity contribution in [3.63, 3.8) is 0 Å². The van der Waals surface area contributed by atoms with Gasteiger partial charge in [0.05, 0.1) is 5.92 Å². The summed E-state index contributed by atoms with van der Waals surface area (Å²) >= 11 is 1.75. The van der Waals surface area contributed by atoms with Crippen molar-refractivity contribution < 1.29 is 14.7 Å². The molecule has 6 heteroatoms. The Hall–Kier alpha value is -0.910. The molecule has 100 valence electrons. The van der Waals surface area contributed by atoms with Gasteiger partial charge in [-0.2, -0.15) is 11.8 Å². The van der Waals surface area contributed by atoms with Crippen molar-refractivity contribution in [1.29, 1.82) is 0 Å². The van der Waals surface area contributed by atoms with Crippen molar-refractivity contribution in [2.45, 2.75) is 26.3 Å². The van der Waals surface area contributed by atoms with Gasteiger partial charge in [-0.3, -0.25) is 4.79 Å².